The third-order valence-electron chi connectivity index (χ3n) is 5.98. The third kappa shape index (κ3) is 2.91. The van der Waals surface area contributed by atoms with Crippen molar-refractivity contribution in [3.63, 3.8) is 0 Å². The number of aromatic amines is 1. The third-order valence-corrected chi connectivity index (χ3v) is 5.98. The number of rotatable bonds is 4. The quantitative estimate of drug-likeness (QED) is 0.458. The second-order valence-electron chi connectivity index (χ2n) is 7.82. The summed E-state index contributed by atoms with van der Waals surface area (Å²) in [5.74, 6) is 0.521. The largest absolute Gasteiger partial charge is 0.480 e. The summed E-state index contributed by atoms with van der Waals surface area (Å²) in [6.45, 7) is 0. The fourth-order valence-electron chi connectivity index (χ4n) is 4.48. The first-order valence-corrected chi connectivity index (χ1v) is 10.5. The van der Waals surface area contributed by atoms with Gasteiger partial charge in [0, 0.05) is 29.0 Å². The molecule has 0 atom stereocenters. The Balaban J connectivity index is 1.69. The van der Waals surface area contributed by atoms with Gasteiger partial charge in [0.05, 0.1) is 18.5 Å². The monoisotopic (exact) mass is 407 g/mol. The molecule has 31 heavy (non-hydrogen) atoms. The van der Waals surface area contributed by atoms with E-state index in [0.717, 1.165) is 52.3 Å². The molecule has 1 aliphatic rings. The Morgan fingerprint density at radius 1 is 0.935 bits per heavy atom. The van der Waals surface area contributed by atoms with Crippen LogP contribution in [0, 0.1) is 0 Å². The SMILES string of the molecule is COc1cc(-c2ccn[nH]2)c2nc(-c3ccc4c(c3)CCC4)c(-c3ccccc3)n2n1. The Morgan fingerprint density at radius 2 is 1.81 bits per heavy atom. The highest BCUT2D eigenvalue weighted by atomic mass is 16.5. The van der Waals surface area contributed by atoms with E-state index in [1.54, 1.807) is 13.3 Å². The van der Waals surface area contributed by atoms with Crippen LogP contribution in [0.3, 0.4) is 0 Å². The minimum absolute atomic E-state index is 0.521. The smallest absolute Gasteiger partial charge is 0.232 e. The molecule has 0 bridgehead atoms. The average molecular weight is 407 g/mol. The van der Waals surface area contributed by atoms with Gasteiger partial charge in [0.2, 0.25) is 5.88 Å². The van der Waals surface area contributed by atoms with Gasteiger partial charge in [-0.2, -0.15) is 5.10 Å². The highest BCUT2D eigenvalue weighted by molar-refractivity contribution is 5.87. The van der Waals surface area contributed by atoms with Crippen LogP contribution >= 0.6 is 0 Å². The summed E-state index contributed by atoms with van der Waals surface area (Å²) in [7, 11) is 1.63. The normalized spacial score (nSPS) is 12.9. The molecule has 1 aliphatic carbocycles. The molecule has 0 unspecified atom stereocenters. The second kappa shape index (κ2) is 7.09. The summed E-state index contributed by atoms with van der Waals surface area (Å²) >= 11 is 0. The molecule has 152 valence electrons. The van der Waals surface area contributed by atoms with Gasteiger partial charge in [-0.1, -0.05) is 42.5 Å². The molecule has 3 aromatic heterocycles. The van der Waals surface area contributed by atoms with Crippen molar-refractivity contribution in [2.45, 2.75) is 19.3 Å². The van der Waals surface area contributed by atoms with Gasteiger partial charge in [-0.05, 0) is 42.5 Å². The van der Waals surface area contributed by atoms with E-state index >= 15 is 0 Å². The van der Waals surface area contributed by atoms with E-state index in [0.29, 0.717) is 5.88 Å². The van der Waals surface area contributed by atoms with E-state index in [9.17, 15) is 0 Å². The summed E-state index contributed by atoms with van der Waals surface area (Å²) in [6.07, 6.45) is 5.25. The molecule has 6 rings (SSSR count). The lowest BCUT2D eigenvalue weighted by Gasteiger charge is -2.08. The predicted octanol–water partition coefficient (Wildman–Crippen LogP) is 4.95. The lowest BCUT2D eigenvalue weighted by atomic mass is 10.0. The molecule has 0 saturated carbocycles. The number of methoxy groups -OCH3 is 1. The Morgan fingerprint density at radius 3 is 2.61 bits per heavy atom. The summed E-state index contributed by atoms with van der Waals surface area (Å²) in [4.78, 5) is 5.11. The lowest BCUT2D eigenvalue weighted by molar-refractivity contribution is 0.390. The zero-order chi connectivity index (χ0) is 20.8. The number of hydrogen-bond donors (Lipinski definition) is 1. The number of benzene rings is 2. The van der Waals surface area contributed by atoms with Gasteiger partial charge in [0.25, 0.3) is 0 Å². The number of nitrogens with one attached hydrogen (secondary N) is 1. The molecule has 0 aliphatic heterocycles. The van der Waals surface area contributed by atoms with Crippen LogP contribution in [0.5, 0.6) is 5.88 Å². The fourth-order valence-corrected chi connectivity index (χ4v) is 4.48. The van der Waals surface area contributed by atoms with Gasteiger partial charge in [0.15, 0.2) is 5.65 Å². The number of aryl methyl sites for hydroxylation is 2. The Labute approximate surface area is 179 Å². The van der Waals surface area contributed by atoms with Crippen LogP contribution in [0.2, 0.25) is 0 Å². The van der Waals surface area contributed by atoms with Gasteiger partial charge < -0.3 is 4.74 Å². The predicted molar refractivity (Wildman–Crippen MR) is 120 cm³/mol. The highest BCUT2D eigenvalue weighted by Crippen LogP contribution is 2.37. The van der Waals surface area contributed by atoms with E-state index in [1.807, 2.05) is 34.8 Å². The number of nitrogens with zero attached hydrogens (tertiary/aromatic N) is 4. The second-order valence-corrected chi connectivity index (χ2v) is 7.82. The minimum Gasteiger partial charge on any atom is -0.480 e. The first-order chi connectivity index (χ1) is 15.3. The molecule has 6 nitrogen and oxygen atoms in total. The Kier molecular flexibility index (Phi) is 4.09. The van der Waals surface area contributed by atoms with Gasteiger partial charge >= 0.3 is 0 Å². The van der Waals surface area contributed by atoms with Crippen LogP contribution in [0.15, 0.2) is 66.9 Å². The molecule has 6 heteroatoms. The fraction of sp³-hybridized carbons (Fsp3) is 0.160. The molecule has 3 heterocycles. The van der Waals surface area contributed by atoms with E-state index in [2.05, 4.69) is 40.5 Å². The molecular formula is C25H21N5O. The van der Waals surface area contributed by atoms with Crippen molar-refractivity contribution in [3.8, 4) is 39.7 Å². The number of fused-ring (bicyclic) bond motifs is 2. The maximum Gasteiger partial charge on any atom is 0.232 e. The Hall–Kier alpha value is -3.93. The van der Waals surface area contributed by atoms with E-state index in [4.69, 9.17) is 14.8 Å². The van der Waals surface area contributed by atoms with Crippen LogP contribution in [0.25, 0.3) is 39.4 Å². The van der Waals surface area contributed by atoms with Crippen LogP contribution < -0.4 is 4.74 Å². The van der Waals surface area contributed by atoms with Gasteiger partial charge in [0.1, 0.15) is 5.69 Å². The minimum atomic E-state index is 0.521. The molecular weight excluding hydrogens is 386 g/mol. The molecule has 2 aromatic carbocycles. The van der Waals surface area contributed by atoms with Crippen molar-refractivity contribution < 1.29 is 4.74 Å². The number of ether oxygens (including phenoxy) is 1. The molecule has 0 radical (unpaired) electrons. The summed E-state index contributed by atoms with van der Waals surface area (Å²) < 4.78 is 7.43. The number of H-pyrrole nitrogens is 1. The van der Waals surface area contributed by atoms with Crippen LogP contribution in [0.4, 0.5) is 0 Å². The number of hydrogen-bond acceptors (Lipinski definition) is 4. The topological polar surface area (TPSA) is 68.1 Å². The first-order valence-electron chi connectivity index (χ1n) is 10.5. The van der Waals surface area contributed by atoms with Crippen molar-refractivity contribution in [3.05, 3.63) is 78.0 Å². The van der Waals surface area contributed by atoms with Crippen LogP contribution in [-0.4, -0.2) is 31.9 Å². The summed E-state index contributed by atoms with van der Waals surface area (Å²) in [5.41, 5.74) is 9.45. The number of imidazole rings is 1. The van der Waals surface area contributed by atoms with E-state index in [1.165, 1.54) is 17.5 Å². The van der Waals surface area contributed by atoms with Crippen molar-refractivity contribution in [2.24, 2.45) is 0 Å². The summed E-state index contributed by atoms with van der Waals surface area (Å²) in [6, 6.07) is 20.8. The van der Waals surface area contributed by atoms with Gasteiger partial charge in [-0.15, -0.1) is 5.10 Å². The molecule has 5 aromatic rings. The van der Waals surface area contributed by atoms with Gasteiger partial charge in [-0.25, -0.2) is 9.50 Å². The molecule has 1 N–H and O–H groups in total. The standard InChI is InChI=1S/C25H21N5O/c1-31-22-15-20(21-12-13-26-28-21)25-27-23(19-11-10-16-8-5-9-18(16)14-19)24(30(25)29-22)17-6-3-2-4-7-17/h2-4,6-7,10-15H,5,8-9H2,1H3,(H,26,28). The first kappa shape index (κ1) is 17.9. The molecule has 0 saturated heterocycles. The summed E-state index contributed by atoms with van der Waals surface area (Å²) in [5, 5.41) is 11.9. The maximum atomic E-state index is 5.53. The Bertz CT molecular complexity index is 1390. The van der Waals surface area contributed by atoms with Crippen molar-refractivity contribution in [2.75, 3.05) is 7.11 Å². The van der Waals surface area contributed by atoms with E-state index < -0.39 is 0 Å². The van der Waals surface area contributed by atoms with Crippen molar-refractivity contribution in [1.29, 1.82) is 0 Å². The number of aromatic nitrogens is 5. The lowest BCUT2D eigenvalue weighted by Crippen LogP contribution is -2.00. The van der Waals surface area contributed by atoms with Crippen LogP contribution in [0.1, 0.15) is 17.5 Å². The molecule has 0 amide bonds. The average Bonchev–Trinajstić information content (AvgIpc) is 3.57. The van der Waals surface area contributed by atoms with Crippen LogP contribution in [-0.2, 0) is 12.8 Å². The van der Waals surface area contributed by atoms with Crippen molar-refractivity contribution in [1.82, 2.24) is 24.8 Å². The zero-order valence-corrected chi connectivity index (χ0v) is 17.2. The maximum absolute atomic E-state index is 5.53. The van der Waals surface area contributed by atoms with Gasteiger partial charge in [-0.3, -0.25) is 5.10 Å². The highest BCUT2D eigenvalue weighted by Gasteiger charge is 2.22. The van der Waals surface area contributed by atoms with Crippen molar-refractivity contribution >= 4 is 5.65 Å². The molecule has 0 spiro atoms. The van der Waals surface area contributed by atoms with E-state index in [-0.39, 0.29) is 0 Å². The zero-order valence-electron chi connectivity index (χ0n) is 17.2. The molecule has 0 fully saturated rings.